The van der Waals surface area contributed by atoms with Gasteiger partial charge in [0.2, 0.25) is 0 Å². The van der Waals surface area contributed by atoms with Crippen LogP contribution in [0.25, 0.3) is 0 Å². The zero-order valence-electron chi connectivity index (χ0n) is 16.9. The molecule has 7 nitrogen and oxygen atoms in total. The zero-order chi connectivity index (χ0) is 21.1. The fourth-order valence-corrected chi connectivity index (χ4v) is 2.54. The smallest absolute Gasteiger partial charge is 0.254 e. The van der Waals surface area contributed by atoms with Gasteiger partial charge in [0.25, 0.3) is 5.91 Å². The number of anilines is 1. The number of nitrogens with one attached hydrogen (secondary N) is 3. The van der Waals surface area contributed by atoms with Crippen molar-refractivity contribution in [1.82, 2.24) is 10.6 Å². The van der Waals surface area contributed by atoms with Crippen molar-refractivity contribution in [3.8, 4) is 11.5 Å². The molecule has 0 aliphatic rings. The number of carbonyl (C=O) groups excluding carboxylic acids is 1. The van der Waals surface area contributed by atoms with Crippen LogP contribution >= 0.6 is 0 Å². The first-order valence-electron chi connectivity index (χ1n) is 9.47. The van der Waals surface area contributed by atoms with E-state index < -0.39 is 11.7 Å². The van der Waals surface area contributed by atoms with Crippen LogP contribution in [0, 0.1) is 5.82 Å². The van der Waals surface area contributed by atoms with Gasteiger partial charge in [0.1, 0.15) is 5.82 Å². The topological polar surface area (TPSA) is 84.0 Å². The molecular formula is C21H27FN4O3. The van der Waals surface area contributed by atoms with Gasteiger partial charge in [-0.2, -0.15) is 0 Å². The molecule has 2 aromatic carbocycles. The summed E-state index contributed by atoms with van der Waals surface area (Å²) in [5.41, 5.74) is 0.795. The van der Waals surface area contributed by atoms with Crippen LogP contribution < -0.4 is 25.4 Å². The van der Waals surface area contributed by atoms with E-state index in [0.717, 1.165) is 5.69 Å². The summed E-state index contributed by atoms with van der Waals surface area (Å²) in [6.45, 7) is 5.68. The predicted molar refractivity (Wildman–Crippen MR) is 112 cm³/mol. The summed E-state index contributed by atoms with van der Waals surface area (Å²) in [6.07, 6.45) is 0. The third kappa shape index (κ3) is 6.67. The summed E-state index contributed by atoms with van der Waals surface area (Å²) in [7, 11) is 1.58. The number of carbonyl (C=O) groups is 1. The molecule has 0 aliphatic heterocycles. The summed E-state index contributed by atoms with van der Waals surface area (Å²) in [5, 5.41) is 8.98. The molecule has 0 spiro atoms. The van der Waals surface area contributed by atoms with Crippen LogP contribution in [-0.4, -0.2) is 45.2 Å². The number of hydrogen-bond acceptors (Lipinski definition) is 4. The number of rotatable bonds is 9. The SMILES string of the molecule is CCNC(=NCCNC(=O)c1ccccc1F)Nc1ccc(OCC)c(OC)c1. The average Bonchev–Trinajstić information content (AvgIpc) is 2.72. The van der Waals surface area contributed by atoms with Gasteiger partial charge in [-0.3, -0.25) is 9.79 Å². The molecule has 2 rings (SSSR count). The van der Waals surface area contributed by atoms with Gasteiger partial charge in [0.05, 0.1) is 25.8 Å². The molecule has 0 saturated carbocycles. The molecule has 8 heteroatoms. The minimum atomic E-state index is -0.548. The normalized spacial score (nSPS) is 11.0. The van der Waals surface area contributed by atoms with E-state index in [1.54, 1.807) is 19.2 Å². The minimum Gasteiger partial charge on any atom is -0.493 e. The third-order valence-corrected chi connectivity index (χ3v) is 3.86. The molecule has 0 atom stereocenters. The highest BCUT2D eigenvalue weighted by Crippen LogP contribution is 2.30. The van der Waals surface area contributed by atoms with E-state index in [-0.39, 0.29) is 12.1 Å². The number of nitrogens with zero attached hydrogens (tertiary/aromatic N) is 1. The zero-order valence-corrected chi connectivity index (χ0v) is 16.9. The van der Waals surface area contributed by atoms with Gasteiger partial charge < -0.3 is 25.4 Å². The molecule has 3 N–H and O–H groups in total. The number of benzene rings is 2. The Morgan fingerprint density at radius 3 is 2.59 bits per heavy atom. The summed E-state index contributed by atoms with van der Waals surface area (Å²) in [6, 6.07) is 11.4. The highest BCUT2D eigenvalue weighted by Gasteiger charge is 2.10. The van der Waals surface area contributed by atoms with E-state index >= 15 is 0 Å². The number of hydrogen-bond donors (Lipinski definition) is 3. The Morgan fingerprint density at radius 1 is 1.10 bits per heavy atom. The molecule has 0 radical (unpaired) electrons. The van der Waals surface area contributed by atoms with Crippen molar-refractivity contribution in [2.24, 2.45) is 4.99 Å². The first-order valence-corrected chi connectivity index (χ1v) is 9.47. The lowest BCUT2D eigenvalue weighted by Crippen LogP contribution is -2.32. The number of methoxy groups -OCH3 is 1. The first-order chi connectivity index (χ1) is 14.1. The van der Waals surface area contributed by atoms with Crippen LogP contribution in [0.5, 0.6) is 11.5 Å². The number of guanidine groups is 1. The number of ether oxygens (including phenoxy) is 2. The van der Waals surface area contributed by atoms with Crippen molar-refractivity contribution in [3.63, 3.8) is 0 Å². The molecule has 2 aromatic rings. The van der Waals surface area contributed by atoms with Crippen molar-refractivity contribution >= 4 is 17.6 Å². The Kier molecular flexibility index (Phi) is 8.75. The Labute approximate surface area is 170 Å². The Morgan fingerprint density at radius 2 is 1.90 bits per heavy atom. The van der Waals surface area contributed by atoms with Gasteiger partial charge in [0, 0.05) is 24.8 Å². The molecular weight excluding hydrogens is 375 g/mol. The third-order valence-electron chi connectivity index (χ3n) is 3.86. The Balaban J connectivity index is 1.96. The summed E-state index contributed by atoms with van der Waals surface area (Å²) in [4.78, 5) is 16.5. The van der Waals surface area contributed by atoms with Crippen LogP contribution in [0.2, 0.25) is 0 Å². The summed E-state index contributed by atoms with van der Waals surface area (Å²) in [5.74, 6) is 0.822. The Bertz CT molecular complexity index is 842. The second-order valence-electron chi connectivity index (χ2n) is 5.92. The van der Waals surface area contributed by atoms with E-state index in [2.05, 4.69) is 20.9 Å². The highest BCUT2D eigenvalue weighted by atomic mass is 19.1. The van der Waals surface area contributed by atoms with Crippen LogP contribution in [0.15, 0.2) is 47.5 Å². The molecule has 0 aliphatic carbocycles. The lowest BCUT2D eigenvalue weighted by molar-refractivity contribution is 0.0951. The van der Waals surface area contributed by atoms with Crippen molar-refractivity contribution in [3.05, 3.63) is 53.8 Å². The lowest BCUT2D eigenvalue weighted by atomic mass is 10.2. The predicted octanol–water partition coefficient (Wildman–Crippen LogP) is 3.04. The second-order valence-corrected chi connectivity index (χ2v) is 5.92. The number of amides is 1. The number of halogens is 1. The van der Waals surface area contributed by atoms with E-state index in [1.165, 1.54) is 12.1 Å². The van der Waals surface area contributed by atoms with Gasteiger partial charge in [-0.05, 0) is 38.1 Å². The largest absolute Gasteiger partial charge is 0.493 e. The van der Waals surface area contributed by atoms with Crippen molar-refractivity contribution < 1.29 is 18.7 Å². The van der Waals surface area contributed by atoms with Crippen molar-refractivity contribution in [1.29, 1.82) is 0 Å². The van der Waals surface area contributed by atoms with Gasteiger partial charge in [-0.1, -0.05) is 12.1 Å². The summed E-state index contributed by atoms with van der Waals surface area (Å²) >= 11 is 0. The average molecular weight is 402 g/mol. The maximum absolute atomic E-state index is 13.6. The minimum absolute atomic E-state index is 0.0167. The van der Waals surface area contributed by atoms with E-state index in [4.69, 9.17) is 9.47 Å². The maximum atomic E-state index is 13.6. The summed E-state index contributed by atoms with van der Waals surface area (Å²) < 4.78 is 24.5. The monoisotopic (exact) mass is 402 g/mol. The first kappa shape index (κ1) is 22.0. The van der Waals surface area contributed by atoms with E-state index in [1.807, 2.05) is 32.0 Å². The Hall–Kier alpha value is -3.29. The fraction of sp³-hybridized carbons (Fsp3) is 0.333. The number of aliphatic imine (C=N–C) groups is 1. The fourth-order valence-electron chi connectivity index (χ4n) is 2.54. The molecule has 0 heterocycles. The van der Waals surface area contributed by atoms with Crippen molar-refractivity contribution in [2.75, 3.05) is 38.7 Å². The molecule has 0 fully saturated rings. The standard InChI is InChI=1S/C21H27FN4O3/c1-4-23-21(26-15-10-11-18(29-5-2)19(14-15)28-3)25-13-12-24-20(27)16-8-6-7-9-17(16)22/h6-11,14H,4-5,12-13H2,1-3H3,(H,24,27)(H2,23,25,26). The molecule has 0 unspecified atom stereocenters. The molecule has 0 saturated heterocycles. The van der Waals surface area contributed by atoms with E-state index in [9.17, 15) is 9.18 Å². The molecule has 0 bridgehead atoms. The van der Waals surface area contributed by atoms with Crippen LogP contribution in [0.1, 0.15) is 24.2 Å². The molecule has 0 aromatic heterocycles. The lowest BCUT2D eigenvalue weighted by Gasteiger charge is -2.14. The second kappa shape index (κ2) is 11.5. The van der Waals surface area contributed by atoms with Crippen LogP contribution in [0.3, 0.4) is 0 Å². The molecule has 156 valence electrons. The van der Waals surface area contributed by atoms with E-state index in [0.29, 0.717) is 37.2 Å². The van der Waals surface area contributed by atoms with Gasteiger partial charge in [-0.15, -0.1) is 0 Å². The quantitative estimate of drug-likeness (QED) is 0.341. The van der Waals surface area contributed by atoms with Gasteiger partial charge in [0.15, 0.2) is 17.5 Å². The van der Waals surface area contributed by atoms with Crippen LogP contribution in [0.4, 0.5) is 10.1 Å². The van der Waals surface area contributed by atoms with Gasteiger partial charge >= 0.3 is 0 Å². The molecule has 29 heavy (non-hydrogen) atoms. The maximum Gasteiger partial charge on any atom is 0.254 e. The van der Waals surface area contributed by atoms with Crippen molar-refractivity contribution in [2.45, 2.75) is 13.8 Å². The van der Waals surface area contributed by atoms with Crippen LogP contribution in [-0.2, 0) is 0 Å². The highest BCUT2D eigenvalue weighted by molar-refractivity contribution is 5.95. The molecule has 1 amide bonds. The van der Waals surface area contributed by atoms with Gasteiger partial charge in [-0.25, -0.2) is 4.39 Å².